The van der Waals surface area contributed by atoms with Crippen molar-refractivity contribution in [2.24, 2.45) is 0 Å². The molecule has 2 nitrogen and oxygen atoms in total. The van der Waals surface area contributed by atoms with E-state index in [4.69, 9.17) is 4.74 Å². The number of esters is 1. The smallest absolute Gasteiger partial charge is 0.320 e. The Morgan fingerprint density at radius 3 is 2.83 bits per heavy atom. The summed E-state index contributed by atoms with van der Waals surface area (Å²) in [5, 5.41) is -0.131. The van der Waals surface area contributed by atoms with Crippen molar-refractivity contribution in [3.63, 3.8) is 0 Å². The topological polar surface area (TPSA) is 26.3 Å². The highest BCUT2D eigenvalue weighted by Gasteiger charge is 2.44. The van der Waals surface area contributed by atoms with Gasteiger partial charge in [0.15, 0.2) is 0 Å². The quantitative estimate of drug-likeness (QED) is 0.613. The first kappa shape index (κ1) is 13.2. The van der Waals surface area contributed by atoms with Crippen molar-refractivity contribution in [2.45, 2.75) is 42.9 Å². The molecule has 1 heterocycles. The Kier molecular flexibility index (Phi) is 3.53. The number of hydrogen-bond acceptors (Lipinski definition) is 3. The molecule has 0 N–H and O–H groups in total. The van der Waals surface area contributed by atoms with E-state index in [-0.39, 0.29) is 11.2 Å². The lowest BCUT2D eigenvalue weighted by atomic mass is 9.95. The van der Waals surface area contributed by atoms with Crippen molar-refractivity contribution in [1.82, 2.24) is 0 Å². The average molecular weight is 262 g/mol. The summed E-state index contributed by atoms with van der Waals surface area (Å²) >= 11 is 1.58. The van der Waals surface area contributed by atoms with Gasteiger partial charge >= 0.3 is 5.97 Å². The maximum Gasteiger partial charge on any atom is 0.320 e. The normalized spacial score (nSPS) is 27.1. The Labute approximate surface area is 112 Å². The van der Waals surface area contributed by atoms with Crippen molar-refractivity contribution >= 4 is 17.7 Å². The molecule has 0 bridgehead atoms. The summed E-state index contributed by atoms with van der Waals surface area (Å²) in [6, 6.07) is 8.18. The number of cyclic esters (lactones) is 1. The van der Waals surface area contributed by atoms with Crippen LogP contribution in [-0.4, -0.2) is 16.8 Å². The Morgan fingerprint density at radius 1 is 1.56 bits per heavy atom. The van der Waals surface area contributed by atoms with Crippen LogP contribution in [0.3, 0.4) is 0 Å². The maximum absolute atomic E-state index is 11.9. The fourth-order valence-corrected chi connectivity index (χ4v) is 3.26. The molecule has 96 valence electrons. The summed E-state index contributed by atoms with van der Waals surface area (Å²) in [7, 11) is 0. The van der Waals surface area contributed by atoms with Gasteiger partial charge in [0.05, 0.1) is 0 Å². The van der Waals surface area contributed by atoms with Gasteiger partial charge < -0.3 is 4.74 Å². The molecule has 1 fully saturated rings. The molecule has 18 heavy (non-hydrogen) atoms. The maximum atomic E-state index is 11.9. The van der Waals surface area contributed by atoms with Crippen LogP contribution in [0.25, 0.3) is 0 Å². The second kappa shape index (κ2) is 4.81. The van der Waals surface area contributed by atoms with Gasteiger partial charge in [-0.15, -0.1) is 11.8 Å². The van der Waals surface area contributed by atoms with Gasteiger partial charge in [-0.25, -0.2) is 0 Å². The molecular formula is C15H18O2S. The molecule has 1 aliphatic heterocycles. The van der Waals surface area contributed by atoms with Crippen molar-refractivity contribution in [2.75, 3.05) is 0 Å². The van der Waals surface area contributed by atoms with E-state index in [1.54, 1.807) is 11.8 Å². The zero-order chi connectivity index (χ0) is 13.3. The molecule has 2 atom stereocenters. The lowest BCUT2D eigenvalue weighted by Gasteiger charge is -2.22. The predicted molar refractivity (Wildman–Crippen MR) is 74.8 cm³/mol. The Bertz CT molecular complexity index is 495. The summed E-state index contributed by atoms with van der Waals surface area (Å²) in [5.74, 6) is -0.132. The van der Waals surface area contributed by atoms with Crippen LogP contribution in [0.15, 0.2) is 41.3 Å². The van der Waals surface area contributed by atoms with Crippen molar-refractivity contribution in [3.8, 4) is 0 Å². The van der Waals surface area contributed by atoms with Crippen LogP contribution in [0.2, 0.25) is 0 Å². The number of ether oxygens (including phenoxy) is 1. The molecule has 0 radical (unpaired) electrons. The Balaban J connectivity index is 2.12. The molecule has 0 saturated carbocycles. The summed E-state index contributed by atoms with van der Waals surface area (Å²) in [5.41, 5.74) is 1.61. The molecule has 2 rings (SSSR count). The third-order valence-corrected chi connectivity index (χ3v) is 4.50. The second-order valence-corrected chi connectivity index (χ2v) is 6.34. The van der Waals surface area contributed by atoms with Gasteiger partial charge in [0, 0.05) is 11.3 Å². The second-order valence-electron chi connectivity index (χ2n) is 5.06. The van der Waals surface area contributed by atoms with E-state index in [0.29, 0.717) is 6.42 Å². The highest BCUT2D eigenvalue weighted by Crippen LogP contribution is 2.40. The van der Waals surface area contributed by atoms with E-state index in [1.807, 2.05) is 26.0 Å². The van der Waals surface area contributed by atoms with Crippen LogP contribution in [0.4, 0.5) is 0 Å². The Hall–Kier alpha value is -1.22. The summed E-state index contributed by atoms with van der Waals surface area (Å²) in [6.07, 6.45) is 0.694. The van der Waals surface area contributed by atoms with Crippen LogP contribution in [0.5, 0.6) is 0 Å². The van der Waals surface area contributed by atoms with Gasteiger partial charge in [-0.05, 0) is 38.5 Å². The van der Waals surface area contributed by atoms with Gasteiger partial charge in [0.1, 0.15) is 10.9 Å². The standard InChI is InChI=1S/C15H18O2S/c1-10(2)15(4)9-13(14(16)17-15)18-12-7-5-6-11(3)8-12/h5-8,13H,1,9H2,2-4H3. The molecule has 2 unspecified atom stereocenters. The fraction of sp³-hybridized carbons (Fsp3) is 0.400. The molecule has 3 heteroatoms. The first-order valence-electron chi connectivity index (χ1n) is 6.03. The van der Waals surface area contributed by atoms with Crippen LogP contribution >= 0.6 is 11.8 Å². The highest BCUT2D eigenvalue weighted by atomic mass is 32.2. The minimum atomic E-state index is -0.501. The number of rotatable bonds is 3. The zero-order valence-corrected chi connectivity index (χ0v) is 11.8. The van der Waals surface area contributed by atoms with Crippen molar-refractivity contribution in [3.05, 3.63) is 42.0 Å². The van der Waals surface area contributed by atoms with Crippen LogP contribution < -0.4 is 0 Å². The number of carbonyl (C=O) groups excluding carboxylic acids is 1. The minimum absolute atomic E-state index is 0.131. The van der Waals surface area contributed by atoms with Gasteiger partial charge in [-0.2, -0.15) is 0 Å². The zero-order valence-electron chi connectivity index (χ0n) is 11.0. The van der Waals surface area contributed by atoms with E-state index >= 15 is 0 Å². The van der Waals surface area contributed by atoms with E-state index in [2.05, 4.69) is 25.6 Å². The van der Waals surface area contributed by atoms with Crippen molar-refractivity contribution < 1.29 is 9.53 Å². The molecule has 1 aromatic carbocycles. The number of thioether (sulfide) groups is 1. The minimum Gasteiger partial charge on any atom is -0.454 e. The van der Waals surface area contributed by atoms with Crippen LogP contribution in [0.1, 0.15) is 25.8 Å². The van der Waals surface area contributed by atoms with Gasteiger partial charge in [-0.1, -0.05) is 24.3 Å². The summed E-state index contributed by atoms with van der Waals surface area (Å²) in [4.78, 5) is 13.0. The van der Waals surface area contributed by atoms with E-state index < -0.39 is 5.60 Å². The molecule has 0 amide bonds. The van der Waals surface area contributed by atoms with Crippen molar-refractivity contribution in [1.29, 1.82) is 0 Å². The molecule has 1 saturated heterocycles. The van der Waals surface area contributed by atoms with Crippen LogP contribution in [0, 0.1) is 6.92 Å². The summed E-state index contributed by atoms with van der Waals surface area (Å²) in [6.45, 7) is 9.81. The first-order valence-corrected chi connectivity index (χ1v) is 6.91. The lowest BCUT2D eigenvalue weighted by molar-refractivity contribution is -0.144. The number of benzene rings is 1. The van der Waals surface area contributed by atoms with Gasteiger partial charge in [-0.3, -0.25) is 4.79 Å². The van der Waals surface area contributed by atoms with E-state index in [9.17, 15) is 4.79 Å². The SMILES string of the molecule is C=C(C)C1(C)CC(Sc2cccc(C)c2)C(=O)O1. The molecule has 0 aromatic heterocycles. The fourth-order valence-electron chi connectivity index (χ4n) is 1.97. The third kappa shape index (κ3) is 2.61. The Morgan fingerprint density at radius 2 is 2.28 bits per heavy atom. The average Bonchev–Trinajstić information content (AvgIpc) is 2.55. The molecular weight excluding hydrogens is 244 g/mol. The number of aryl methyl sites for hydroxylation is 1. The van der Waals surface area contributed by atoms with E-state index in [0.717, 1.165) is 10.5 Å². The molecule has 1 aromatic rings. The van der Waals surface area contributed by atoms with Crippen LogP contribution in [-0.2, 0) is 9.53 Å². The predicted octanol–water partition coefficient (Wildman–Crippen LogP) is 3.74. The molecule has 1 aliphatic rings. The monoisotopic (exact) mass is 262 g/mol. The highest BCUT2D eigenvalue weighted by molar-refractivity contribution is 8.00. The number of carbonyl (C=O) groups is 1. The van der Waals surface area contributed by atoms with Gasteiger partial charge in [0.2, 0.25) is 0 Å². The van der Waals surface area contributed by atoms with E-state index in [1.165, 1.54) is 5.56 Å². The van der Waals surface area contributed by atoms with Gasteiger partial charge in [0.25, 0.3) is 0 Å². The summed E-state index contributed by atoms with van der Waals surface area (Å²) < 4.78 is 5.47. The lowest BCUT2D eigenvalue weighted by Crippen LogP contribution is -2.24. The molecule has 0 spiro atoms. The third-order valence-electron chi connectivity index (χ3n) is 3.33. The first-order chi connectivity index (χ1) is 8.40. The molecule has 0 aliphatic carbocycles. The largest absolute Gasteiger partial charge is 0.454 e. The number of hydrogen-bond donors (Lipinski definition) is 0.